The molecule has 0 radical (unpaired) electrons. The summed E-state index contributed by atoms with van der Waals surface area (Å²) >= 11 is 0. The average molecular weight is 349 g/mol. The summed E-state index contributed by atoms with van der Waals surface area (Å²) in [7, 11) is 0. The van der Waals surface area contributed by atoms with Crippen LogP contribution in [0, 0.1) is 17.3 Å². The van der Waals surface area contributed by atoms with Gasteiger partial charge in [-0.25, -0.2) is 0 Å². The van der Waals surface area contributed by atoms with Crippen molar-refractivity contribution in [1.82, 2.24) is 4.90 Å². The topological polar surface area (TPSA) is 38.8 Å². The lowest BCUT2D eigenvalue weighted by molar-refractivity contribution is -0.256. The quantitative estimate of drug-likeness (QED) is 0.734. The summed E-state index contributed by atoms with van der Waals surface area (Å²) in [6, 6.07) is 0. The molecular formula is C17H26F3NO3. The van der Waals surface area contributed by atoms with E-state index in [1.165, 1.54) is 4.90 Å². The van der Waals surface area contributed by atoms with Crippen molar-refractivity contribution in [3.8, 4) is 0 Å². The number of nitrogens with zero attached hydrogens (tertiary/aromatic N) is 1. The molecule has 4 nitrogen and oxygen atoms in total. The van der Waals surface area contributed by atoms with Gasteiger partial charge in [-0.1, -0.05) is 13.8 Å². The van der Waals surface area contributed by atoms with Crippen LogP contribution in [0.2, 0.25) is 0 Å². The molecular weight excluding hydrogens is 323 g/mol. The van der Waals surface area contributed by atoms with E-state index < -0.39 is 12.7 Å². The number of hydrogen-bond donors (Lipinski definition) is 0. The number of piperidine rings is 1. The number of alkyl halides is 3. The van der Waals surface area contributed by atoms with Gasteiger partial charge in [0.05, 0.1) is 18.6 Å². The van der Waals surface area contributed by atoms with Crippen LogP contribution in [0.1, 0.15) is 39.5 Å². The predicted octanol–water partition coefficient (Wildman–Crippen LogP) is 3.01. The number of rotatable bonds is 3. The molecule has 3 fully saturated rings. The van der Waals surface area contributed by atoms with Crippen molar-refractivity contribution in [3.63, 3.8) is 0 Å². The maximum absolute atomic E-state index is 12.5. The summed E-state index contributed by atoms with van der Waals surface area (Å²) in [6.45, 7) is 4.58. The van der Waals surface area contributed by atoms with Gasteiger partial charge >= 0.3 is 12.1 Å². The second kappa shape index (κ2) is 6.48. The van der Waals surface area contributed by atoms with Gasteiger partial charge < -0.3 is 9.47 Å². The number of ether oxygens (including phenoxy) is 2. The smallest absolute Gasteiger partial charge is 0.401 e. The molecule has 2 heterocycles. The first kappa shape index (κ1) is 18.0. The van der Waals surface area contributed by atoms with Crippen LogP contribution < -0.4 is 0 Å². The number of esters is 1. The van der Waals surface area contributed by atoms with Crippen LogP contribution >= 0.6 is 0 Å². The lowest BCUT2D eigenvalue weighted by Crippen LogP contribution is -2.65. The third kappa shape index (κ3) is 3.57. The highest BCUT2D eigenvalue weighted by Crippen LogP contribution is 2.53. The molecule has 2 aliphatic heterocycles. The van der Waals surface area contributed by atoms with E-state index in [4.69, 9.17) is 9.47 Å². The number of carbonyl (C=O) groups is 1. The standard InChI is InChI=1S/C17H26F3NO3/c1-16(2)13-12(4-3-9-23-13)14(16)24-15(22)11-5-7-21(8-6-11)10-17(18,19)20/h11-14H,3-10H2,1-2H3/t12-,13+,14+/m0/s1. The fourth-order valence-electron chi connectivity index (χ4n) is 4.52. The Morgan fingerprint density at radius 2 is 1.92 bits per heavy atom. The van der Waals surface area contributed by atoms with Gasteiger partial charge in [0.15, 0.2) is 0 Å². The van der Waals surface area contributed by atoms with Crippen LogP contribution in [0.4, 0.5) is 13.2 Å². The maximum atomic E-state index is 12.5. The van der Waals surface area contributed by atoms with Crippen molar-refractivity contribution in [2.45, 2.75) is 57.9 Å². The lowest BCUT2D eigenvalue weighted by atomic mass is 9.56. The van der Waals surface area contributed by atoms with Gasteiger partial charge in [-0.2, -0.15) is 13.2 Å². The molecule has 0 N–H and O–H groups in total. The van der Waals surface area contributed by atoms with E-state index in [0.717, 1.165) is 19.4 Å². The Morgan fingerprint density at radius 3 is 2.54 bits per heavy atom. The Kier molecular flexibility index (Phi) is 4.86. The molecule has 2 saturated heterocycles. The number of fused-ring (bicyclic) bond motifs is 1. The molecule has 3 atom stereocenters. The van der Waals surface area contributed by atoms with Gasteiger partial charge in [0.1, 0.15) is 6.10 Å². The Hall–Kier alpha value is -0.820. The van der Waals surface area contributed by atoms with Crippen LogP contribution in [0.15, 0.2) is 0 Å². The SMILES string of the molecule is CC1(C)[C@@H]2OCCC[C@@H]2[C@H]1OC(=O)C1CCN(CC(F)(F)F)CC1. The van der Waals surface area contributed by atoms with Crippen LogP contribution in [-0.4, -0.2) is 55.5 Å². The first-order chi connectivity index (χ1) is 11.2. The molecule has 3 rings (SSSR count). The molecule has 0 aromatic rings. The minimum absolute atomic E-state index is 0.136. The Morgan fingerprint density at radius 1 is 1.25 bits per heavy atom. The molecule has 3 aliphatic rings. The second-order valence-electron chi connectivity index (χ2n) is 7.94. The van der Waals surface area contributed by atoms with Crippen LogP contribution in [0.5, 0.6) is 0 Å². The zero-order chi connectivity index (χ0) is 17.5. The fourth-order valence-corrected chi connectivity index (χ4v) is 4.52. The van der Waals surface area contributed by atoms with Crippen molar-refractivity contribution in [3.05, 3.63) is 0 Å². The Bertz CT molecular complexity index is 472. The molecule has 1 aliphatic carbocycles. The van der Waals surface area contributed by atoms with Crippen molar-refractivity contribution in [2.75, 3.05) is 26.2 Å². The van der Waals surface area contributed by atoms with E-state index in [9.17, 15) is 18.0 Å². The van der Waals surface area contributed by atoms with Crippen molar-refractivity contribution in [2.24, 2.45) is 17.3 Å². The van der Waals surface area contributed by atoms with Crippen molar-refractivity contribution >= 4 is 5.97 Å². The van der Waals surface area contributed by atoms with Gasteiger partial charge in [-0.05, 0) is 38.8 Å². The van der Waals surface area contributed by atoms with Crippen molar-refractivity contribution < 1.29 is 27.4 Å². The van der Waals surface area contributed by atoms with Gasteiger partial charge in [0, 0.05) is 17.9 Å². The molecule has 0 aromatic heterocycles. The molecule has 0 unspecified atom stereocenters. The number of likely N-dealkylation sites (tertiary alicyclic amines) is 1. The lowest BCUT2D eigenvalue weighted by Gasteiger charge is -2.58. The zero-order valence-electron chi connectivity index (χ0n) is 14.3. The predicted molar refractivity (Wildman–Crippen MR) is 81.3 cm³/mol. The van der Waals surface area contributed by atoms with E-state index in [1.54, 1.807) is 0 Å². The summed E-state index contributed by atoms with van der Waals surface area (Å²) in [6.07, 6.45) is -1.29. The fraction of sp³-hybridized carbons (Fsp3) is 0.941. The molecule has 1 saturated carbocycles. The molecule has 0 bridgehead atoms. The van der Waals surface area contributed by atoms with Crippen molar-refractivity contribution in [1.29, 1.82) is 0 Å². The van der Waals surface area contributed by atoms with E-state index in [-0.39, 0.29) is 35.4 Å². The van der Waals surface area contributed by atoms with Gasteiger partial charge in [0.2, 0.25) is 0 Å². The number of halogens is 3. The summed E-state index contributed by atoms with van der Waals surface area (Å²) in [4.78, 5) is 13.8. The van der Waals surface area contributed by atoms with E-state index in [0.29, 0.717) is 25.9 Å². The van der Waals surface area contributed by atoms with Crippen LogP contribution in [0.3, 0.4) is 0 Å². The molecule has 7 heteroatoms. The Balaban J connectivity index is 1.50. The highest BCUT2D eigenvalue weighted by molar-refractivity contribution is 5.73. The molecule has 0 aromatic carbocycles. The van der Waals surface area contributed by atoms with Crippen LogP contribution in [0.25, 0.3) is 0 Å². The summed E-state index contributed by atoms with van der Waals surface area (Å²) < 4.78 is 48.9. The molecule has 138 valence electrons. The van der Waals surface area contributed by atoms with Gasteiger partial charge in [-0.15, -0.1) is 0 Å². The van der Waals surface area contributed by atoms with Crippen LogP contribution in [-0.2, 0) is 14.3 Å². The third-order valence-corrected chi connectivity index (χ3v) is 5.79. The minimum atomic E-state index is -4.18. The van der Waals surface area contributed by atoms with E-state index >= 15 is 0 Å². The zero-order valence-corrected chi connectivity index (χ0v) is 14.3. The van der Waals surface area contributed by atoms with E-state index in [2.05, 4.69) is 13.8 Å². The normalized spacial score (nSPS) is 34.3. The number of hydrogen-bond acceptors (Lipinski definition) is 4. The molecule has 0 spiro atoms. The Labute approximate surface area is 140 Å². The second-order valence-corrected chi connectivity index (χ2v) is 7.94. The first-order valence-corrected chi connectivity index (χ1v) is 8.79. The van der Waals surface area contributed by atoms with E-state index in [1.807, 2.05) is 0 Å². The summed E-state index contributed by atoms with van der Waals surface area (Å²) in [5.41, 5.74) is -0.183. The summed E-state index contributed by atoms with van der Waals surface area (Å²) in [5.74, 6) is -0.263. The summed E-state index contributed by atoms with van der Waals surface area (Å²) in [5, 5.41) is 0. The molecule has 24 heavy (non-hydrogen) atoms. The highest BCUT2D eigenvalue weighted by Gasteiger charge is 2.60. The molecule has 0 amide bonds. The average Bonchev–Trinajstić information content (AvgIpc) is 2.51. The third-order valence-electron chi connectivity index (χ3n) is 5.79. The van der Waals surface area contributed by atoms with Gasteiger partial charge in [0.25, 0.3) is 0 Å². The first-order valence-electron chi connectivity index (χ1n) is 8.79. The minimum Gasteiger partial charge on any atom is -0.461 e. The highest BCUT2D eigenvalue weighted by atomic mass is 19.4. The monoisotopic (exact) mass is 349 g/mol. The largest absolute Gasteiger partial charge is 0.461 e. The maximum Gasteiger partial charge on any atom is 0.401 e. The van der Waals surface area contributed by atoms with Gasteiger partial charge in [-0.3, -0.25) is 9.69 Å². The number of carbonyl (C=O) groups excluding carboxylic acids is 1.